The van der Waals surface area contributed by atoms with Crippen molar-refractivity contribution in [3.05, 3.63) is 47.9 Å². The van der Waals surface area contributed by atoms with E-state index in [4.69, 9.17) is 9.47 Å². The highest BCUT2D eigenvalue weighted by atomic mass is 32.1. The van der Waals surface area contributed by atoms with Gasteiger partial charge in [0.25, 0.3) is 0 Å². The number of nitrogens with one attached hydrogen (secondary N) is 1. The summed E-state index contributed by atoms with van der Waals surface area (Å²) in [5.74, 6) is 0.693. The van der Waals surface area contributed by atoms with Crippen molar-refractivity contribution >= 4 is 44.4 Å². The molecule has 220 valence electrons. The average Bonchev–Trinajstić information content (AvgIpc) is 3.69. The van der Waals surface area contributed by atoms with E-state index in [1.807, 2.05) is 17.9 Å². The molecule has 0 spiro atoms. The normalized spacial score (nSPS) is 16.1. The second-order valence-electron chi connectivity index (χ2n) is 9.88. The molecule has 1 saturated heterocycles. The Bertz CT molecular complexity index is 1730. The third-order valence-corrected chi connectivity index (χ3v) is 8.16. The molecule has 1 aromatic carbocycles. The largest absolute Gasteiger partial charge is 0.491 e. The summed E-state index contributed by atoms with van der Waals surface area (Å²) in [6.07, 6.45) is -1.39. The van der Waals surface area contributed by atoms with Crippen molar-refractivity contribution in [3.63, 3.8) is 0 Å². The molecule has 1 atom stereocenters. The maximum absolute atomic E-state index is 13.8. The van der Waals surface area contributed by atoms with Gasteiger partial charge < -0.3 is 28.8 Å². The molecule has 4 aromatic heterocycles. The number of halogens is 3. The topological polar surface area (TPSA) is 114 Å². The van der Waals surface area contributed by atoms with Gasteiger partial charge in [0.2, 0.25) is 10.9 Å². The van der Waals surface area contributed by atoms with E-state index < -0.39 is 11.2 Å². The van der Waals surface area contributed by atoms with Crippen LogP contribution in [0.3, 0.4) is 0 Å². The number of pyridine rings is 1. The first-order valence-electron chi connectivity index (χ1n) is 13.2. The molecule has 1 aliphatic rings. The van der Waals surface area contributed by atoms with Crippen LogP contribution in [0.2, 0.25) is 0 Å². The monoisotopic (exact) mass is 600 g/mol. The minimum Gasteiger partial charge on any atom is -0.491 e. The van der Waals surface area contributed by atoms with Crippen LogP contribution in [0, 0.1) is 0 Å². The number of carbonyl (C=O) groups is 1. The third kappa shape index (κ3) is 5.48. The number of thiazole rings is 1. The maximum atomic E-state index is 13.8. The number of aromatic nitrogens is 6. The number of methoxy groups -OCH3 is 1. The smallest absolute Gasteiger partial charge is 0.443 e. The molecule has 1 amide bonds. The van der Waals surface area contributed by atoms with Crippen molar-refractivity contribution in [2.75, 3.05) is 44.9 Å². The molecule has 15 heteroatoms. The number of rotatable bonds is 8. The molecule has 5 heterocycles. The molecule has 0 saturated carbocycles. The number of piperazine rings is 1. The summed E-state index contributed by atoms with van der Waals surface area (Å²) >= 11 is 0.578. The summed E-state index contributed by atoms with van der Waals surface area (Å²) in [7, 11) is 1.58. The SMILES string of the molecule is COCCOc1ccc2nc(-c3nc(C(F)(F)F)sc3N3CCN(C(=O)Cn4cnc5cccnc54)C(C)C3)[nH]c2c1. The van der Waals surface area contributed by atoms with Gasteiger partial charge in [-0.1, -0.05) is 11.3 Å². The van der Waals surface area contributed by atoms with Gasteiger partial charge in [-0.3, -0.25) is 4.79 Å². The number of hydrogen-bond donors (Lipinski definition) is 1. The van der Waals surface area contributed by atoms with Crippen molar-refractivity contribution in [1.29, 1.82) is 0 Å². The van der Waals surface area contributed by atoms with Crippen LogP contribution in [-0.4, -0.2) is 86.3 Å². The molecule has 1 fully saturated rings. The first-order chi connectivity index (χ1) is 20.2. The van der Waals surface area contributed by atoms with Crippen LogP contribution in [0.1, 0.15) is 11.9 Å². The van der Waals surface area contributed by atoms with Crippen molar-refractivity contribution in [2.45, 2.75) is 25.7 Å². The van der Waals surface area contributed by atoms with E-state index in [1.165, 1.54) is 0 Å². The lowest BCUT2D eigenvalue weighted by molar-refractivity contribution is -0.137. The third-order valence-electron chi connectivity index (χ3n) is 7.00. The number of amides is 1. The quantitative estimate of drug-likeness (QED) is 0.264. The Labute approximate surface area is 241 Å². The number of fused-ring (bicyclic) bond motifs is 2. The van der Waals surface area contributed by atoms with E-state index in [2.05, 4.69) is 24.9 Å². The van der Waals surface area contributed by atoms with Gasteiger partial charge in [0.1, 0.15) is 35.1 Å². The van der Waals surface area contributed by atoms with Gasteiger partial charge in [-0.2, -0.15) is 13.2 Å². The van der Waals surface area contributed by atoms with Crippen LogP contribution in [0.15, 0.2) is 42.9 Å². The molecule has 1 unspecified atom stereocenters. The molecule has 0 aliphatic carbocycles. The number of H-pyrrole nitrogens is 1. The van der Waals surface area contributed by atoms with Crippen LogP contribution in [0.4, 0.5) is 18.2 Å². The second-order valence-corrected chi connectivity index (χ2v) is 10.9. The molecule has 6 rings (SSSR count). The van der Waals surface area contributed by atoms with Gasteiger partial charge in [-0.15, -0.1) is 0 Å². The van der Waals surface area contributed by atoms with E-state index in [0.717, 1.165) is 0 Å². The number of anilines is 1. The molecule has 1 aliphatic heterocycles. The highest BCUT2D eigenvalue weighted by molar-refractivity contribution is 7.16. The summed E-state index contributed by atoms with van der Waals surface area (Å²) in [6, 6.07) is 8.56. The zero-order valence-electron chi connectivity index (χ0n) is 22.8. The number of hydrogen-bond acceptors (Lipinski definition) is 9. The highest BCUT2D eigenvalue weighted by Crippen LogP contribution is 2.43. The predicted octanol–water partition coefficient (Wildman–Crippen LogP) is 4.21. The molecule has 11 nitrogen and oxygen atoms in total. The summed E-state index contributed by atoms with van der Waals surface area (Å²) in [5.41, 5.74) is 2.61. The van der Waals surface area contributed by atoms with Crippen LogP contribution < -0.4 is 9.64 Å². The number of carbonyl (C=O) groups excluding carboxylic acids is 1. The fraction of sp³-hybridized carbons (Fsp3) is 0.370. The fourth-order valence-corrected chi connectivity index (χ4v) is 5.97. The second kappa shape index (κ2) is 11.2. The Hall–Kier alpha value is -4.24. The predicted molar refractivity (Wildman–Crippen MR) is 150 cm³/mol. The standard InChI is InChI=1S/C27H27F3N8O3S/c1-16-13-36(8-9-38(16)21(39)14-37-15-32-19-4-3-7-31-24(19)37)25-22(35-26(42-25)27(28,29)30)23-33-18-6-5-17(12-20(18)34-23)41-11-10-40-2/h3-7,12,15-16H,8-11,13-14H2,1-2H3,(H,33,34). The van der Waals surface area contributed by atoms with E-state index >= 15 is 0 Å². The van der Waals surface area contributed by atoms with Gasteiger partial charge in [0.15, 0.2) is 11.5 Å². The van der Waals surface area contributed by atoms with Gasteiger partial charge >= 0.3 is 6.18 Å². The van der Waals surface area contributed by atoms with Crippen molar-refractivity contribution in [3.8, 4) is 17.3 Å². The molecule has 1 N–H and O–H groups in total. The van der Waals surface area contributed by atoms with Crippen molar-refractivity contribution < 1.29 is 27.4 Å². The number of aromatic amines is 1. The Kier molecular flexibility index (Phi) is 7.45. The fourth-order valence-electron chi connectivity index (χ4n) is 5.00. The van der Waals surface area contributed by atoms with Crippen molar-refractivity contribution in [1.82, 2.24) is 34.4 Å². The number of imidazole rings is 2. The van der Waals surface area contributed by atoms with E-state index in [-0.39, 0.29) is 30.0 Å². The van der Waals surface area contributed by atoms with Gasteiger partial charge in [0, 0.05) is 45.0 Å². The van der Waals surface area contributed by atoms with Gasteiger partial charge in [-0.05, 0) is 31.2 Å². The zero-order chi connectivity index (χ0) is 29.4. The number of benzene rings is 1. The van der Waals surface area contributed by atoms with E-state index in [9.17, 15) is 18.0 Å². The highest BCUT2D eigenvalue weighted by Gasteiger charge is 2.39. The first kappa shape index (κ1) is 27.9. The van der Waals surface area contributed by atoms with Gasteiger partial charge in [0.05, 0.1) is 24.0 Å². The lowest BCUT2D eigenvalue weighted by Crippen LogP contribution is -2.54. The molecular weight excluding hydrogens is 573 g/mol. The van der Waals surface area contributed by atoms with Crippen LogP contribution in [0.25, 0.3) is 33.7 Å². The Morgan fingerprint density at radius 3 is 2.79 bits per heavy atom. The Morgan fingerprint density at radius 2 is 2.00 bits per heavy atom. The molecule has 0 radical (unpaired) electrons. The molecule has 5 aromatic rings. The summed E-state index contributed by atoms with van der Waals surface area (Å²) in [5, 5.41) is -0.608. The minimum absolute atomic E-state index is 0.0675. The summed E-state index contributed by atoms with van der Waals surface area (Å²) < 4.78 is 53.8. The Morgan fingerprint density at radius 1 is 1.14 bits per heavy atom. The molecule has 42 heavy (non-hydrogen) atoms. The molecule has 0 bridgehead atoms. The Balaban J connectivity index is 1.23. The molecular formula is C27H27F3N8O3S. The summed E-state index contributed by atoms with van der Waals surface area (Å²) in [4.78, 5) is 37.0. The minimum atomic E-state index is -4.61. The lowest BCUT2D eigenvalue weighted by Gasteiger charge is -2.40. The zero-order valence-corrected chi connectivity index (χ0v) is 23.6. The van der Waals surface area contributed by atoms with Crippen molar-refractivity contribution in [2.24, 2.45) is 0 Å². The number of nitrogens with zero attached hydrogens (tertiary/aromatic N) is 7. The number of alkyl halides is 3. The van der Waals surface area contributed by atoms with E-state index in [1.54, 1.807) is 53.4 Å². The summed E-state index contributed by atoms with van der Waals surface area (Å²) in [6.45, 7) is 3.73. The lowest BCUT2D eigenvalue weighted by atomic mass is 10.2. The van der Waals surface area contributed by atoms with Crippen LogP contribution in [0.5, 0.6) is 5.75 Å². The maximum Gasteiger partial charge on any atom is 0.443 e. The van der Waals surface area contributed by atoms with Crippen LogP contribution >= 0.6 is 11.3 Å². The first-order valence-corrected chi connectivity index (χ1v) is 14.0. The van der Waals surface area contributed by atoms with Crippen LogP contribution in [-0.2, 0) is 22.3 Å². The average molecular weight is 601 g/mol. The van der Waals surface area contributed by atoms with Gasteiger partial charge in [-0.25, -0.2) is 19.9 Å². The number of ether oxygens (including phenoxy) is 2. The van der Waals surface area contributed by atoms with E-state index in [0.29, 0.717) is 77.1 Å².